The van der Waals surface area contributed by atoms with E-state index in [1.165, 1.54) is 36.8 Å². The largest absolute Gasteiger partial charge is 0.313 e. The maximum atomic E-state index is 3.57. The number of hydrogen-bond donors (Lipinski definition) is 1. The molecule has 0 radical (unpaired) electrons. The maximum absolute atomic E-state index is 3.57. The third kappa shape index (κ3) is 4.10. The minimum absolute atomic E-state index is 0.239. The standard InChI is InChI=1S/C20H33N/c1-19(2,3)17-9-7-15(8-10-17)18(21-6)16-11-13-20(4,5)14-12-16/h7-10,16,18,21H,11-14H2,1-6H3. The van der Waals surface area contributed by atoms with Crippen LogP contribution in [0.2, 0.25) is 0 Å². The van der Waals surface area contributed by atoms with Gasteiger partial charge in [-0.05, 0) is 60.6 Å². The molecule has 1 N–H and O–H groups in total. The van der Waals surface area contributed by atoms with Crippen molar-refractivity contribution < 1.29 is 0 Å². The molecule has 1 heteroatoms. The molecule has 0 spiro atoms. The first-order chi connectivity index (χ1) is 9.73. The smallest absolute Gasteiger partial charge is 0.0346 e. The Morgan fingerprint density at radius 2 is 1.57 bits per heavy atom. The predicted octanol–water partition coefficient (Wildman–Crippen LogP) is 5.46. The fraction of sp³-hybridized carbons (Fsp3) is 0.700. The van der Waals surface area contributed by atoms with Gasteiger partial charge in [0.25, 0.3) is 0 Å². The summed E-state index contributed by atoms with van der Waals surface area (Å²) in [6, 6.07) is 9.80. The van der Waals surface area contributed by atoms with Crippen LogP contribution in [0, 0.1) is 11.3 Å². The van der Waals surface area contributed by atoms with Gasteiger partial charge in [0, 0.05) is 6.04 Å². The normalized spacial score (nSPS) is 21.2. The van der Waals surface area contributed by atoms with Gasteiger partial charge in [0.15, 0.2) is 0 Å². The lowest BCUT2D eigenvalue weighted by Gasteiger charge is -2.38. The van der Waals surface area contributed by atoms with E-state index in [-0.39, 0.29) is 5.41 Å². The molecule has 0 bridgehead atoms. The fourth-order valence-electron chi connectivity index (χ4n) is 3.62. The van der Waals surface area contributed by atoms with Gasteiger partial charge in [-0.1, -0.05) is 58.9 Å². The molecule has 21 heavy (non-hydrogen) atoms. The number of rotatable bonds is 3. The zero-order valence-corrected chi connectivity index (χ0v) is 14.8. The van der Waals surface area contributed by atoms with Gasteiger partial charge in [0.1, 0.15) is 0 Å². The van der Waals surface area contributed by atoms with Crippen molar-refractivity contribution in [1.82, 2.24) is 5.32 Å². The Morgan fingerprint density at radius 3 is 2.00 bits per heavy atom. The molecule has 1 fully saturated rings. The number of benzene rings is 1. The molecule has 1 unspecified atom stereocenters. The molecule has 0 saturated heterocycles. The Hall–Kier alpha value is -0.820. The van der Waals surface area contributed by atoms with Crippen molar-refractivity contribution >= 4 is 0 Å². The van der Waals surface area contributed by atoms with Gasteiger partial charge in [-0.15, -0.1) is 0 Å². The molecule has 1 aliphatic carbocycles. The maximum Gasteiger partial charge on any atom is 0.0346 e. The van der Waals surface area contributed by atoms with Crippen LogP contribution in [0.5, 0.6) is 0 Å². The van der Waals surface area contributed by atoms with Gasteiger partial charge in [-0.3, -0.25) is 0 Å². The summed E-state index contributed by atoms with van der Waals surface area (Å²) < 4.78 is 0. The molecule has 1 aromatic rings. The monoisotopic (exact) mass is 287 g/mol. The molecule has 1 aromatic carbocycles. The number of nitrogens with one attached hydrogen (secondary N) is 1. The van der Waals surface area contributed by atoms with Crippen molar-refractivity contribution in [1.29, 1.82) is 0 Å². The van der Waals surface area contributed by atoms with Gasteiger partial charge < -0.3 is 5.32 Å². The van der Waals surface area contributed by atoms with Crippen LogP contribution in [0.3, 0.4) is 0 Å². The summed E-state index contributed by atoms with van der Waals surface area (Å²) in [5, 5.41) is 3.57. The summed E-state index contributed by atoms with van der Waals surface area (Å²) in [4.78, 5) is 0. The summed E-state index contributed by atoms with van der Waals surface area (Å²) in [7, 11) is 2.11. The van der Waals surface area contributed by atoms with E-state index in [9.17, 15) is 0 Å². The van der Waals surface area contributed by atoms with Crippen LogP contribution in [-0.4, -0.2) is 7.05 Å². The molecule has 1 saturated carbocycles. The molecule has 1 aliphatic rings. The Balaban J connectivity index is 2.11. The molecular formula is C20H33N. The van der Waals surface area contributed by atoms with Gasteiger partial charge in [0.2, 0.25) is 0 Å². The quantitative estimate of drug-likeness (QED) is 0.778. The second kappa shape index (κ2) is 6.12. The summed E-state index contributed by atoms with van der Waals surface area (Å²) in [6.45, 7) is 11.7. The molecule has 118 valence electrons. The second-order valence-corrected chi connectivity index (χ2v) is 8.64. The first-order valence-corrected chi connectivity index (χ1v) is 8.51. The lowest BCUT2D eigenvalue weighted by molar-refractivity contribution is 0.164. The van der Waals surface area contributed by atoms with Crippen molar-refractivity contribution in [3.63, 3.8) is 0 Å². The van der Waals surface area contributed by atoms with E-state index in [0.29, 0.717) is 11.5 Å². The average molecular weight is 287 g/mol. The fourth-order valence-corrected chi connectivity index (χ4v) is 3.62. The van der Waals surface area contributed by atoms with Crippen LogP contribution in [0.1, 0.15) is 77.5 Å². The minimum Gasteiger partial charge on any atom is -0.313 e. The molecular weight excluding hydrogens is 254 g/mol. The first kappa shape index (κ1) is 16.5. The molecule has 0 aromatic heterocycles. The summed E-state index contributed by atoms with van der Waals surface area (Å²) >= 11 is 0. The van der Waals surface area contributed by atoms with E-state index in [0.717, 1.165) is 5.92 Å². The SMILES string of the molecule is CNC(c1ccc(C(C)(C)C)cc1)C1CCC(C)(C)CC1. The Bertz CT molecular complexity index is 440. The van der Waals surface area contributed by atoms with Crippen LogP contribution in [0.4, 0.5) is 0 Å². The third-order valence-corrected chi connectivity index (χ3v) is 5.30. The van der Waals surface area contributed by atoms with E-state index >= 15 is 0 Å². The van der Waals surface area contributed by atoms with E-state index < -0.39 is 0 Å². The highest BCUT2D eigenvalue weighted by Crippen LogP contribution is 2.42. The van der Waals surface area contributed by atoms with Crippen molar-refractivity contribution in [2.75, 3.05) is 7.05 Å². The van der Waals surface area contributed by atoms with Crippen LogP contribution in [-0.2, 0) is 5.41 Å². The molecule has 0 amide bonds. The zero-order chi connectivity index (χ0) is 15.7. The predicted molar refractivity (Wildman–Crippen MR) is 92.7 cm³/mol. The van der Waals surface area contributed by atoms with Gasteiger partial charge in [-0.25, -0.2) is 0 Å². The van der Waals surface area contributed by atoms with Crippen LogP contribution in [0.15, 0.2) is 24.3 Å². The highest BCUT2D eigenvalue weighted by Gasteiger charge is 2.31. The Labute approximate surface area is 131 Å². The van der Waals surface area contributed by atoms with Crippen LogP contribution in [0.25, 0.3) is 0 Å². The van der Waals surface area contributed by atoms with E-state index in [4.69, 9.17) is 0 Å². The van der Waals surface area contributed by atoms with Gasteiger partial charge >= 0.3 is 0 Å². The molecule has 1 nitrogen and oxygen atoms in total. The number of hydrogen-bond acceptors (Lipinski definition) is 1. The molecule has 1 atom stereocenters. The Morgan fingerprint density at radius 1 is 1.05 bits per heavy atom. The van der Waals surface area contributed by atoms with Gasteiger partial charge in [-0.2, -0.15) is 0 Å². The van der Waals surface area contributed by atoms with Crippen LogP contribution < -0.4 is 5.32 Å². The summed E-state index contributed by atoms with van der Waals surface area (Å²) in [5.74, 6) is 0.781. The zero-order valence-electron chi connectivity index (χ0n) is 14.8. The summed E-state index contributed by atoms with van der Waals surface area (Å²) in [5.41, 5.74) is 3.66. The molecule has 0 aliphatic heterocycles. The Kier molecular flexibility index (Phi) is 4.82. The van der Waals surface area contributed by atoms with Crippen LogP contribution >= 0.6 is 0 Å². The highest BCUT2D eigenvalue weighted by atomic mass is 14.9. The van der Waals surface area contributed by atoms with Gasteiger partial charge in [0.05, 0.1) is 0 Å². The van der Waals surface area contributed by atoms with Crippen molar-refractivity contribution in [2.45, 2.75) is 71.8 Å². The van der Waals surface area contributed by atoms with E-state index in [2.05, 4.69) is 71.2 Å². The summed E-state index contributed by atoms with van der Waals surface area (Å²) in [6.07, 6.45) is 5.41. The molecule has 2 rings (SSSR count). The van der Waals surface area contributed by atoms with Crippen molar-refractivity contribution in [3.05, 3.63) is 35.4 Å². The lowest BCUT2D eigenvalue weighted by atomic mass is 9.70. The highest BCUT2D eigenvalue weighted by molar-refractivity contribution is 5.29. The minimum atomic E-state index is 0.239. The van der Waals surface area contributed by atoms with Crippen molar-refractivity contribution in [3.8, 4) is 0 Å². The third-order valence-electron chi connectivity index (χ3n) is 5.30. The second-order valence-electron chi connectivity index (χ2n) is 8.64. The first-order valence-electron chi connectivity index (χ1n) is 8.51. The molecule has 0 heterocycles. The van der Waals surface area contributed by atoms with E-state index in [1.54, 1.807) is 0 Å². The van der Waals surface area contributed by atoms with E-state index in [1.807, 2.05) is 0 Å². The van der Waals surface area contributed by atoms with Crippen molar-refractivity contribution in [2.24, 2.45) is 11.3 Å². The lowest BCUT2D eigenvalue weighted by Crippen LogP contribution is -2.31. The topological polar surface area (TPSA) is 12.0 Å². The average Bonchev–Trinajstić information content (AvgIpc) is 2.41.